The van der Waals surface area contributed by atoms with Crippen molar-refractivity contribution < 1.29 is 4.79 Å². The minimum absolute atomic E-state index is 0.0970. The normalized spacial score (nSPS) is 14.1. The molecule has 4 rings (SSSR count). The van der Waals surface area contributed by atoms with Gasteiger partial charge in [-0.2, -0.15) is 0 Å². The van der Waals surface area contributed by atoms with Crippen molar-refractivity contribution >= 4 is 28.1 Å². The van der Waals surface area contributed by atoms with Crippen LogP contribution in [-0.4, -0.2) is 24.0 Å². The maximum Gasteiger partial charge on any atom is 0.268 e. The molecule has 0 atom stereocenters. The summed E-state index contributed by atoms with van der Waals surface area (Å²) in [5, 5.41) is 3.98. The monoisotopic (exact) mass is 391 g/mol. The van der Waals surface area contributed by atoms with Gasteiger partial charge in [0.25, 0.3) is 5.91 Å². The minimum atomic E-state index is -0.0970. The SMILES string of the molecule is Cc1ccc(NC(=O)c2sc(N3CCCCC3)nc2-c2ccc(C)cc2)cc1. The summed E-state index contributed by atoms with van der Waals surface area (Å²) in [6.07, 6.45) is 3.64. The predicted octanol–water partition coefficient (Wildman–Crippen LogP) is 5.67. The molecular weight excluding hydrogens is 366 g/mol. The lowest BCUT2D eigenvalue weighted by Gasteiger charge is -2.25. The summed E-state index contributed by atoms with van der Waals surface area (Å²) in [6, 6.07) is 16.1. The molecule has 28 heavy (non-hydrogen) atoms. The maximum atomic E-state index is 13.1. The number of anilines is 2. The van der Waals surface area contributed by atoms with Crippen LogP contribution in [0.4, 0.5) is 10.8 Å². The van der Waals surface area contributed by atoms with Gasteiger partial charge in [0.15, 0.2) is 5.13 Å². The molecule has 0 spiro atoms. The Kier molecular flexibility index (Phi) is 5.44. The van der Waals surface area contributed by atoms with Gasteiger partial charge in [-0.05, 0) is 45.2 Å². The van der Waals surface area contributed by atoms with Crippen LogP contribution in [0.15, 0.2) is 48.5 Å². The number of nitrogens with one attached hydrogen (secondary N) is 1. The number of piperidine rings is 1. The van der Waals surface area contributed by atoms with Crippen molar-refractivity contribution in [1.29, 1.82) is 0 Å². The van der Waals surface area contributed by atoms with E-state index in [0.29, 0.717) is 4.88 Å². The van der Waals surface area contributed by atoms with Crippen LogP contribution in [0.1, 0.15) is 40.1 Å². The van der Waals surface area contributed by atoms with Gasteiger partial charge in [-0.15, -0.1) is 0 Å². The van der Waals surface area contributed by atoms with E-state index in [-0.39, 0.29) is 5.91 Å². The van der Waals surface area contributed by atoms with Gasteiger partial charge < -0.3 is 10.2 Å². The van der Waals surface area contributed by atoms with E-state index in [1.54, 1.807) is 0 Å². The Hall–Kier alpha value is -2.66. The van der Waals surface area contributed by atoms with E-state index in [0.717, 1.165) is 35.2 Å². The number of amides is 1. The van der Waals surface area contributed by atoms with E-state index < -0.39 is 0 Å². The van der Waals surface area contributed by atoms with Crippen LogP contribution in [0, 0.1) is 13.8 Å². The average molecular weight is 392 g/mol. The molecule has 0 aliphatic carbocycles. The van der Waals surface area contributed by atoms with Crippen molar-refractivity contribution in [1.82, 2.24) is 4.98 Å². The molecule has 4 nitrogen and oxygen atoms in total. The first kappa shape index (κ1) is 18.7. The third kappa shape index (κ3) is 4.09. The first-order valence-electron chi connectivity index (χ1n) is 9.81. The Morgan fingerprint density at radius 3 is 2.18 bits per heavy atom. The molecule has 1 N–H and O–H groups in total. The van der Waals surface area contributed by atoms with Gasteiger partial charge >= 0.3 is 0 Å². The Morgan fingerprint density at radius 1 is 0.929 bits per heavy atom. The molecule has 1 aromatic heterocycles. The molecule has 2 aromatic carbocycles. The summed E-state index contributed by atoms with van der Waals surface area (Å²) in [6.45, 7) is 6.13. The van der Waals surface area contributed by atoms with Gasteiger partial charge in [0, 0.05) is 24.3 Å². The van der Waals surface area contributed by atoms with Crippen LogP contribution in [0.3, 0.4) is 0 Å². The molecule has 1 aliphatic rings. The van der Waals surface area contributed by atoms with Gasteiger partial charge in [0.05, 0.1) is 5.69 Å². The Balaban J connectivity index is 1.68. The molecule has 144 valence electrons. The van der Waals surface area contributed by atoms with Crippen molar-refractivity contribution in [2.24, 2.45) is 0 Å². The highest BCUT2D eigenvalue weighted by molar-refractivity contribution is 7.18. The Bertz CT molecular complexity index is 955. The number of thiazole rings is 1. The summed E-state index contributed by atoms with van der Waals surface area (Å²) in [7, 11) is 0. The largest absolute Gasteiger partial charge is 0.348 e. The molecule has 0 saturated carbocycles. The molecular formula is C23H25N3OS. The fraction of sp³-hybridized carbons (Fsp3) is 0.304. The first-order valence-corrected chi connectivity index (χ1v) is 10.6. The number of hydrogen-bond donors (Lipinski definition) is 1. The number of hydrogen-bond acceptors (Lipinski definition) is 4. The van der Waals surface area contributed by atoms with Gasteiger partial charge in [-0.1, -0.05) is 58.9 Å². The molecule has 0 unspecified atom stereocenters. The number of nitrogens with zero attached hydrogens (tertiary/aromatic N) is 2. The zero-order valence-corrected chi connectivity index (χ0v) is 17.2. The minimum Gasteiger partial charge on any atom is -0.348 e. The highest BCUT2D eigenvalue weighted by atomic mass is 32.1. The van der Waals surface area contributed by atoms with Gasteiger partial charge in [0.1, 0.15) is 4.88 Å². The quantitative estimate of drug-likeness (QED) is 0.623. The van der Waals surface area contributed by atoms with Crippen molar-refractivity contribution in [2.45, 2.75) is 33.1 Å². The second kappa shape index (κ2) is 8.15. The highest BCUT2D eigenvalue weighted by Gasteiger charge is 2.23. The first-order chi connectivity index (χ1) is 13.6. The molecule has 1 saturated heterocycles. The average Bonchev–Trinajstić information content (AvgIpc) is 3.17. The third-order valence-corrected chi connectivity index (χ3v) is 6.20. The predicted molar refractivity (Wildman–Crippen MR) is 117 cm³/mol. The van der Waals surface area contributed by atoms with Crippen molar-refractivity contribution in [3.8, 4) is 11.3 Å². The van der Waals surface area contributed by atoms with Gasteiger partial charge in [-0.25, -0.2) is 4.98 Å². The van der Waals surface area contributed by atoms with Crippen LogP contribution in [-0.2, 0) is 0 Å². The van der Waals surface area contributed by atoms with Crippen LogP contribution >= 0.6 is 11.3 Å². The zero-order valence-electron chi connectivity index (χ0n) is 16.4. The van der Waals surface area contributed by atoms with E-state index >= 15 is 0 Å². The molecule has 0 bridgehead atoms. The topological polar surface area (TPSA) is 45.2 Å². The number of aryl methyl sites for hydroxylation is 2. The van der Waals surface area contributed by atoms with Crippen molar-refractivity contribution in [2.75, 3.05) is 23.3 Å². The summed E-state index contributed by atoms with van der Waals surface area (Å²) in [5.41, 5.74) is 4.93. The number of rotatable bonds is 4. The highest BCUT2D eigenvalue weighted by Crippen LogP contribution is 2.35. The molecule has 1 aliphatic heterocycles. The number of carbonyl (C=O) groups excluding carboxylic acids is 1. The maximum absolute atomic E-state index is 13.1. The number of benzene rings is 2. The fourth-order valence-electron chi connectivity index (χ4n) is 3.42. The number of carbonyl (C=O) groups is 1. The van der Waals surface area contributed by atoms with Crippen molar-refractivity contribution in [3.63, 3.8) is 0 Å². The lowest BCUT2D eigenvalue weighted by atomic mass is 10.1. The molecule has 2 heterocycles. The summed E-state index contributed by atoms with van der Waals surface area (Å²) in [4.78, 5) is 21.0. The summed E-state index contributed by atoms with van der Waals surface area (Å²) < 4.78 is 0. The number of aromatic nitrogens is 1. The molecule has 1 fully saturated rings. The van der Waals surface area contributed by atoms with E-state index in [4.69, 9.17) is 4.98 Å². The van der Waals surface area contributed by atoms with Gasteiger partial charge in [-0.3, -0.25) is 4.79 Å². The standard InChI is InChI=1S/C23H25N3OS/c1-16-6-10-18(11-7-16)20-21(22(27)24-19-12-8-17(2)9-13-19)28-23(25-20)26-14-4-3-5-15-26/h6-13H,3-5,14-15H2,1-2H3,(H,24,27). The van der Waals surface area contributed by atoms with E-state index in [9.17, 15) is 4.79 Å². The second-order valence-corrected chi connectivity index (χ2v) is 8.39. The van der Waals surface area contributed by atoms with Crippen LogP contribution in [0.5, 0.6) is 0 Å². The molecule has 0 radical (unpaired) electrons. The van der Waals surface area contributed by atoms with E-state index in [2.05, 4.69) is 29.3 Å². The Labute approximate surface area is 170 Å². The summed E-state index contributed by atoms with van der Waals surface area (Å²) >= 11 is 1.50. The lowest BCUT2D eigenvalue weighted by Crippen LogP contribution is -2.29. The lowest BCUT2D eigenvalue weighted by molar-refractivity contribution is 0.103. The second-order valence-electron chi connectivity index (χ2n) is 7.41. The summed E-state index contributed by atoms with van der Waals surface area (Å²) in [5.74, 6) is -0.0970. The van der Waals surface area contributed by atoms with Gasteiger partial charge in [0.2, 0.25) is 0 Å². The van der Waals surface area contributed by atoms with E-state index in [1.165, 1.54) is 41.7 Å². The van der Waals surface area contributed by atoms with Crippen molar-refractivity contribution in [3.05, 3.63) is 64.5 Å². The third-order valence-electron chi connectivity index (χ3n) is 5.08. The fourth-order valence-corrected chi connectivity index (χ4v) is 4.45. The molecule has 5 heteroatoms. The Morgan fingerprint density at radius 2 is 1.54 bits per heavy atom. The zero-order chi connectivity index (χ0) is 19.5. The van der Waals surface area contributed by atoms with Crippen LogP contribution in [0.25, 0.3) is 11.3 Å². The van der Waals surface area contributed by atoms with E-state index in [1.807, 2.05) is 43.3 Å². The van der Waals surface area contributed by atoms with Crippen LogP contribution in [0.2, 0.25) is 0 Å². The molecule has 3 aromatic rings. The van der Waals surface area contributed by atoms with Crippen LogP contribution < -0.4 is 10.2 Å². The molecule has 1 amide bonds. The smallest absolute Gasteiger partial charge is 0.268 e.